The van der Waals surface area contributed by atoms with E-state index in [1.165, 1.54) is 6.20 Å². The quantitative estimate of drug-likeness (QED) is 0.826. The number of carbonyl (C=O) groups is 1. The number of rotatable bonds is 3. The van der Waals surface area contributed by atoms with E-state index in [0.717, 1.165) is 11.1 Å². The third kappa shape index (κ3) is 2.55. The Morgan fingerprint density at radius 2 is 2.06 bits per heavy atom. The zero-order valence-corrected chi connectivity index (χ0v) is 9.77. The normalized spacial score (nSPS) is 12.0. The molecule has 96 valence electrons. The minimum atomic E-state index is -4.29. The molecule has 0 bridgehead atoms. The number of hydrogen-bond acceptors (Lipinski definition) is 1. The van der Waals surface area contributed by atoms with E-state index in [2.05, 4.69) is 4.98 Å². The van der Waals surface area contributed by atoms with Crippen molar-refractivity contribution in [3.05, 3.63) is 35.5 Å². The molecule has 2 rings (SSSR count). The lowest BCUT2D eigenvalue weighted by molar-refractivity contribution is -0.133. The van der Waals surface area contributed by atoms with E-state index in [1.807, 2.05) is 19.1 Å². The Bertz CT molecular complexity index is 583. The molecule has 1 heterocycles. The highest BCUT2D eigenvalue weighted by Gasteiger charge is 2.28. The maximum Gasteiger partial charge on any atom is 0.389 e. The van der Waals surface area contributed by atoms with Crippen LogP contribution in [0.4, 0.5) is 13.2 Å². The van der Waals surface area contributed by atoms with Crippen molar-refractivity contribution < 1.29 is 18.0 Å². The molecule has 2 nitrogen and oxygen atoms in total. The van der Waals surface area contributed by atoms with Gasteiger partial charge < -0.3 is 4.98 Å². The molecular weight excluding hydrogens is 243 g/mol. The fourth-order valence-corrected chi connectivity index (χ4v) is 1.98. The second-order valence-corrected chi connectivity index (χ2v) is 4.24. The van der Waals surface area contributed by atoms with Gasteiger partial charge in [0.1, 0.15) is 0 Å². The molecule has 0 aliphatic rings. The smallest absolute Gasteiger partial charge is 0.360 e. The molecule has 1 aromatic heterocycles. The van der Waals surface area contributed by atoms with Gasteiger partial charge in [0.15, 0.2) is 5.78 Å². The Morgan fingerprint density at radius 1 is 1.33 bits per heavy atom. The van der Waals surface area contributed by atoms with Crippen LogP contribution in [0.2, 0.25) is 0 Å². The van der Waals surface area contributed by atoms with E-state index in [4.69, 9.17) is 0 Å². The van der Waals surface area contributed by atoms with Crippen molar-refractivity contribution in [3.63, 3.8) is 0 Å². The number of aromatic amines is 1. The van der Waals surface area contributed by atoms with Gasteiger partial charge in [-0.25, -0.2) is 0 Å². The molecule has 2 aromatic rings. The van der Waals surface area contributed by atoms with Gasteiger partial charge in [-0.15, -0.1) is 0 Å². The number of alkyl halides is 3. The van der Waals surface area contributed by atoms with Crippen LogP contribution >= 0.6 is 0 Å². The molecule has 1 N–H and O–H groups in total. The SMILES string of the molecule is Cc1cccc2[nH]cc(C(=O)CCC(F)(F)F)c12. The lowest BCUT2D eigenvalue weighted by atomic mass is 10.0. The van der Waals surface area contributed by atoms with Gasteiger partial charge in [0.05, 0.1) is 6.42 Å². The Hall–Kier alpha value is -1.78. The van der Waals surface area contributed by atoms with Crippen molar-refractivity contribution in [2.24, 2.45) is 0 Å². The number of H-pyrrole nitrogens is 1. The standard InChI is InChI=1S/C13H12F3NO/c1-8-3-2-4-10-12(8)9(7-17-10)11(18)5-6-13(14,15)16/h2-4,7,17H,5-6H2,1H3. The van der Waals surface area contributed by atoms with Crippen molar-refractivity contribution in [1.82, 2.24) is 4.98 Å². The monoisotopic (exact) mass is 255 g/mol. The van der Waals surface area contributed by atoms with Crippen molar-refractivity contribution >= 4 is 16.7 Å². The first-order valence-corrected chi connectivity index (χ1v) is 5.55. The van der Waals surface area contributed by atoms with E-state index in [1.54, 1.807) is 6.07 Å². The zero-order valence-electron chi connectivity index (χ0n) is 9.77. The van der Waals surface area contributed by atoms with Crippen LogP contribution < -0.4 is 0 Å². The first-order valence-electron chi connectivity index (χ1n) is 5.55. The third-order valence-electron chi connectivity index (χ3n) is 2.85. The summed E-state index contributed by atoms with van der Waals surface area (Å²) in [5, 5.41) is 0.713. The molecule has 0 unspecified atom stereocenters. The highest BCUT2D eigenvalue weighted by atomic mass is 19.4. The number of ketones is 1. The number of aromatic nitrogens is 1. The second-order valence-electron chi connectivity index (χ2n) is 4.24. The minimum absolute atomic E-state index is 0.340. The number of hydrogen-bond donors (Lipinski definition) is 1. The summed E-state index contributed by atoms with van der Waals surface area (Å²) in [5.41, 5.74) is 1.99. The van der Waals surface area contributed by atoms with Gasteiger partial charge in [0.25, 0.3) is 0 Å². The van der Waals surface area contributed by atoms with Gasteiger partial charge in [-0.3, -0.25) is 4.79 Å². The van der Waals surface area contributed by atoms with Crippen LogP contribution in [-0.4, -0.2) is 16.9 Å². The number of aryl methyl sites for hydroxylation is 1. The first kappa shape index (κ1) is 12.7. The Balaban J connectivity index is 2.29. The lowest BCUT2D eigenvalue weighted by Gasteiger charge is -2.05. The Morgan fingerprint density at radius 3 is 2.72 bits per heavy atom. The summed E-state index contributed by atoms with van der Waals surface area (Å²) in [6.45, 7) is 1.83. The number of nitrogens with one attached hydrogen (secondary N) is 1. The van der Waals surface area contributed by atoms with Crippen LogP contribution in [0.3, 0.4) is 0 Å². The van der Waals surface area contributed by atoms with E-state index in [-0.39, 0.29) is 0 Å². The molecule has 0 amide bonds. The number of Topliss-reactive ketones (excluding diaryl/α,β-unsaturated/α-hetero) is 1. The zero-order chi connectivity index (χ0) is 13.3. The maximum absolute atomic E-state index is 12.1. The Labute approximate surface area is 102 Å². The summed E-state index contributed by atoms with van der Waals surface area (Å²) in [4.78, 5) is 14.7. The molecule has 0 saturated carbocycles. The highest BCUT2D eigenvalue weighted by Crippen LogP contribution is 2.26. The lowest BCUT2D eigenvalue weighted by Crippen LogP contribution is -2.10. The topological polar surface area (TPSA) is 32.9 Å². The van der Waals surface area contributed by atoms with Crippen LogP contribution in [0, 0.1) is 6.92 Å². The molecule has 0 saturated heterocycles. The van der Waals surface area contributed by atoms with Crippen LogP contribution in [0.15, 0.2) is 24.4 Å². The predicted molar refractivity (Wildman–Crippen MR) is 62.7 cm³/mol. The molecule has 0 atom stereocenters. The van der Waals surface area contributed by atoms with Gasteiger partial charge >= 0.3 is 6.18 Å². The first-order chi connectivity index (χ1) is 8.38. The molecule has 1 aromatic carbocycles. The summed E-state index contributed by atoms with van der Waals surface area (Å²) in [7, 11) is 0. The number of halogens is 3. The van der Waals surface area contributed by atoms with Gasteiger partial charge in [0, 0.05) is 29.1 Å². The van der Waals surface area contributed by atoms with E-state index >= 15 is 0 Å². The van der Waals surface area contributed by atoms with Gasteiger partial charge in [-0.2, -0.15) is 13.2 Å². The summed E-state index contributed by atoms with van der Waals surface area (Å²) < 4.78 is 36.3. The summed E-state index contributed by atoms with van der Waals surface area (Å²) >= 11 is 0. The van der Waals surface area contributed by atoms with Crippen molar-refractivity contribution in [2.45, 2.75) is 25.9 Å². The fourth-order valence-electron chi connectivity index (χ4n) is 1.98. The van der Waals surface area contributed by atoms with Gasteiger partial charge in [0.2, 0.25) is 0 Å². The van der Waals surface area contributed by atoms with Crippen LogP contribution in [0.25, 0.3) is 10.9 Å². The number of benzene rings is 1. The summed E-state index contributed by atoms with van der Waals surface area (Å²) in [6, 6.07) is 5.46. The molecule has 5 heteroatoms. The average molecular weight is 255 g/mol. The van der Waals surface area contributed by atoms with E-state index in [0.29, 0.717) is 10.9 Å². The minimum Gasteiger partial charge on any atom is -0.360 e. The molecule has 0 aliphatic heterocycles. The molecular formula is C13H12F3NO. The van der Waals surface area contributed by atoms with Gasteiger partial charge in [-0.05, 0) is 18.6 Å². The fraction of sp³-hybridized carbons (Fsp3) is 0.308. The largest absolute Gasteiger partial charge is 0.389 e. The molecule has 18 heavy (non-hydrogen) atoms. The van der Waals surface area contributed by atoms with Crippen LogP contribution in [0.5, 0.6) is 0 Å². The number of carbonyl (C=O) groups excluding carboxylic acids is 1. The molecule has 0 fully saturated rings. The van der Waals surface area contributed by atoms with E-state index in [9.17, 15) is 18.0 Å². The van der Waals surface area contributed by atoms with Crippen molar-refractivity contribution in [3.8, 4) is 0 Å². The van der Waals surface area contributed by atoms with Crippen LogP contribution in [-0.2, 0) is 0 Å². The number of fused-ring (bicyclic) bond motifs is 1. The molecule has 0 radical (unpaired) electrons. The maximum atomic E-state index is 12.1. The predicted octanol–water partition coefficient (Wildman–Crippen LogP) is 4.00. The third-order valence-corrected chi connectivity index (χ3v) is 2.85. The molecule has 0 aliphatic carbocycles. The summed E-state index contributed by atoms with van der Waals surface area (Å²) in [5.74, 6) is -0.479. The Kier molecular flexibility index (Phi) is 3.15. The summed E-state index contributed by atoms with van der Waals surface area (Å²) in [6.07, 6.45) is -4.40. The van der Waals surface area contributed by atoms with Crippen molar-refractivity contribution in [1.29, 1.82) is 0 Å². The average Bonchev–Trinajstić information content (AvgIpc) is 2.70. The van der Waals surface area contributed by atoms with Crippen LogP contribution in [0.1, 0.15) is 28.8 Å². The van der Waals surface area contributed by atoms with Crippen molar-refractivity contribution in [2.75, 3.05) is 0 Å². The second kappa shape index (κ2) is 4.48. The highest BCUT2D eigenvalue weighted by molar-refractivity contribution is 6.08. The van der Waals surface area contributed by atoms with Gasteiger partial charge in [-0.1, -0.05) is 12.1 Å². The van der Waals surface area contributed by atoms with E-state index < -0.39 is 24.8 Å². The molecule has 0 spiro atoms.